The number of hydrogen-bond donors (Lipinski definition) is 0. The van der Waals surface area contributed by atoms with E-state index in [0.717, 1.165) is 22.3 Å². The standard InChI is InChI=1S/C110H118/c1-103(2,3)91-61-33-25-45-71(91)79-53-41-54-80(72-46-26-34-62-92(72)104(4,5)6)99(79)87-69-89(101-83(75-49-29-37-65-95(75)107(13,14)15)57-43-58-84(101)76-50-30-38-66-96(76)108(16,17)18)90(102-85(77-51-31-39-67-97(77)109(19,20)21)59-44-60-86(102)78-52-32-40-68-98(78)110(22,23)24)70-88(87)100-81(73-47-27-35-63-93(73)105(7,8)9)55-42-56-82(100)74-48-28-36-64-94(74)106(10,11)12/h25-70H,1-24H3. The van der Waals surface area contributed by atoms with Gasteiger partial charge in [0, 0.05) is 0 Å². The molecule has 0 heterocycles. The van der Waals surface area contributed by atoms with Crippen molar-refractivity contribution in [1.82, 2.24) is 0 Å². The third-order valence-electron chi connectivity index (χ3n) is 22.7. The summed E-state index contributed by atoms with van der Waals surface area (Å²) >= 11 is 0. The van der Waals surface area contributed by atoms with Gasteiger partial charge in [-0.15, -0.1) is 0 Å². The van der Waals surface area contributed by atoms with Gasteiger partial charge in [0.15, 0.2) is 0 Å². The molecule has 0 amide bonds. The highest BCUT2D eigenvalue weighted by Crippen LogP contribution is 2.59. The summed E-state index contributed by atoms with van der Waals surface area (Å²) in [7, 11) is 0. The minimum absolute atomic E-state index is 0.236. The molecule has 0 fully saturated rings. The van der Waals surface area contributed by atoms with Crippen molar-refractivity contribution in [2.75, 3.05) is 0 Å². The summed E-state index contributed by atoms with van der Waals surface area (Å²) in [5.74, 6) is 0. The summed E-state index contributed by atoms with van der Waals surface area (Å²) in [4.78, 5) is 0. The highest BCUT2D eigenvalue weighted by atomic mass is 14.4. The lowest BCUT2D eigenvalue weighted by atomic mass is 9.71. The maximum absolute atomic E-state index is 2.76. The van der Waals surface area contributed by atoms with Crippen molar-refractivity contribution in [3.63, 3.8) is 0 Å². The van der Waals surface area contributed by atoms with Crippen LogP contribution in [-0.2, 0) is 43.3 Å². The molecule has 13 aromatic rings. The maximum atomic E-state index is 2.76. The van der Waals surface area contributed by atoms with E-state index in [1.807, 2.05) is 0 Å². The van der Waals surface area contributed by atoms with Gasteiger partial charge in [-0.25, -0.2) is 0 Å². The zero-order chi connectivity index (χ0) is 79.0. The summed E-state index contributed by atoms with van der Waals surface area (Å²) in [6, 6.07) is 109. The van der Waals surface area contributed by atoms with Crippen molar-refractivity contribution in [3.8, 4) is 134 Å². The van der Waals surface area contributed by atoms with E-state index in [1.165, 1.54) is 156 Å². The molecule has 110 heavy (non-hydrogen) atoms. The smallest absolute Gasteiger partial charge is 0.00201 e. The second kappa shape index (κ2) is 29.3. The van der Waals surface area contributed by atoms with E-state index < -0.39 is 0 Å². The van der Waals surface area contributed by atoms with E-state index in [2.05, 4.69) is 445 Å². The molecule has 0 aliphatic carbocycles. The number of hydrogen-bond acceptors (Lipinski definition) is 0. The Kier molecular flexibility index (Phi) is 20.8. The van der Waals surface area contributed by atoms with E-state index in [1.54, 1.807) is 0 Å². The van der Waals surface area contributed by atoms with E-state index in [0.29, 0.717) is 0 Å². The van der Waals surface area contributed by atoms with Crippen molar-refractivity contribution in [1.29, 1.82) is 0 Å². The molecule has 13 rings (SSSR count). The van der Waals surface area contributed by atoms with Crippen LogP contribution >= 0.6 is 0 Å². The predicted octanol–water partition coefficient (Wildman–Crippen LogP) is 32.1. The fourth-order valence-electron chi connectivity index (χ4n) is 17.6. The zero-order valence-electron chi connectivity index (χ0n) is 70.6. The van der Waals surface area contributed by atoms with Gasteiger partial charge >= 0.3 is 0 Å². The monoisotopic (exact) mass is 1440 g/mol. The Labute approximate surface area is 662 Å². The van der Waals surface area contributed by atoms with Gasteiger partial charge in [-0.2, -0.15) is 0 Å². The van der Waals surface area contributed by atoms with Gasteiger partial charge in [-0.05, 0) is 233 Å². The average Bonchev–Trinajstić information content (AvgIpc) is 0.712. The van der Waals surface area contributed by atoms with E-state index in [4.69, 9.17) is 0 Å². The second-order valence-corrected chi connectivity index (χ2v) is 39.2. The lowest BCUT2D eigenvalue weighted by Crippen LogP contribution is -2.15. The largest absolute Gasteiger partial charge is 0.0619 e. The van der Waals surface area contributed by atoms with Crippen LogP contribution in [0.2, 0.25) is 0 Å². The van der Waals surface area contributed by atoms with E-state index in [9.17, 15) is 0 Å². The summed E-state index contributed by atoms with van der Waals surface area (Å²) in [5.41, 5.74) is 37.0. The molecule has 0 nitrogen and oxygen atoms in total. The van der Waals surface area contributed by atoms with Crippen LogP contribution in [0, 0.1) is 0 Å². The Balaban J connectivity index is 1.44. The quantitative estimate of drug-likeness (QED) is 0.114. The van der Waals surface area contributed by atoms with Gasteiger partial charge in [-0.1, -0.05) is 433 Å². The lowest BCUT2D eigenvalue weighted by molar-refractivity contribution is 0.591. The van der Waals surface area contributed by atoms with Crippen molar-refractivity contribution in [2.45, 2.75) is 209 Å². The number of rotatable bonds is 12. The fraction of sp³-hybridized carbons (Fsp3) is 0.291. The summed E-state index contributed by atoms with van der Waals surface area (Å²) < 4.78 is 0. The van der Waals surface area contributed by atoms with Gasteiger partial charge in [0.25, 0.3) is 0 Å². The molecule has 0 radical (unpaired) electrons. The molecule has 0 atom stereocenters. The third kappa shape index (κ3) is 15.2. The van der Waals surface area contributed by atoms with Crippen LogP contribution in [0.1, 0.15) is 211 Å². The second-order valence-electron chi connectivity index (χ2n) is 39.2. The minimum Gasteiger partial charge on any atom is -0.0619 e. The van der Waals surface area contributed by atoms with E-state index >= 15 is 0 Å². The van der Waals surface area contributed by atoms with Crippen LogP contribution in [0.5, 0.6) is 0 Å². The van der Waals surface area contributed by atoms with Gasteiger partial charge in [0.05, 0.1) is 0 Å². The van der Waals surface area contributed by atoms with Gasteiger partial charge < -0.3 is 0 Å². The average molecular weight is 1440 g/mol. The molecule has 0 saturated carbocycles. The molecule has 0 saturated heterocycles. The first-order valence-corrected chi connectivity index (χ1v) is 40.2. The third-order valence-corrected chi connectivity index (χ3v) is 22.7. The zero-order valence-corrected chi connectivity index (χ0v) is 70.6. The summed E-state index contributed by atoms with van der Waals surface area (Å²) in [6.07, 6.45) is 0. The fourth-order valence-corrected chi connectivity index (χ4v) is 17.6. The molecule has 0 aliphatic rings. The molecular weight excluding hydrogens is 1320 g/mol. The van der Waals surface area contributed by atoms with Gasteiger partial charge in [0.1, 0.15) is 0 Å². The van der Waals surface area contributed by atoms with Gasteiger partial charge in [-0.3, -0.25) is 0 Å². The van der Waals surface area contributed by atoms with Gasteiger partial charge in [0.2, 0.25) is 0 Å². The molecule has 0 unspecified atom stereocenters. The molecule has 0 aromatic heterocycles. The Hall–Kier alpha value is -10.1. The Morgan fingerprint density at radius 3 is 0.318 bits per heavy atom. The van der Waals surface area contributed by atoms with Crippen molar-refractivity contribution < 1.29 is 0 Å². The number of benzene rings is 13. The van der Waals surface area contributed by atoms with Crippen LogP contribution in [0.4, 0.5) is 0 Å². The lowest BCUT2D eigenvalue weighted by Gasteiger charge is -2.32. The molecule has 0 heteroatoms. The molecular formula is C110H118. The summed E-state index contributed by atoms with van der Waals surface area (Å²) in [6.45, 7) is 57.3. The Morgan fingerprint density at radius 1 is 0.109 bits per heavy atom. The van der Waals surface area contributed by atoms with E-state index in [-0.39, 0.29) is 43.3 Å². The highest BCUT2D eigenvalue weighted by molar-refractivity contribution is 6.13. The molecule has 0 spiro atoms. The summed E-state index contributed by atoms with van der Waals surface area (Å²) in [5, 5.41) is 0. The highest BCUT2D eigenvalue weighted by Gasteiger charge is 2.36. The maximum Gasteiger partial charge on any atom is -0.00201 e. The SMILES string of the molecule is CC(C)(C)c1ccccc1-c1cccc(-c2ccccc2C(C)(C)C)c1-c1cc(-c2c(-c3ccccc3C(C)(C)C)cccc2-c2ccccc2C(C)(C)C)c(-c2c(-c3ccccc3C(C)(C)C)cccc2-c2ccccc2C(C)(C)C)cc1-c1c(-c2ccccc2C(C)(C)C)cccc1-c1ccccc1C(C)(C)C. The molecule has 0 N–H and O–H groups in total. The first kappa shape index (κ1) is 78.0. The van der Waals surface area contributed by atoms with Crippen LogP contribution < -0.4 is 0 Å². The van der Waals surface area contributed by atoms with Crippen molar-refractivity contribution in [3.05, 3.63) is 324 Å². The molecule has 558 valence electrons. The minimum atomic E-state index is -0.236. The molecule has 0 aliphatic heterocycles. The van der Waals surface area contributed by atoms with Crippen molar-refractivity contribution in [2.24, 2.45) is 0 Å². The van der Waals surface area contributed by atoms with Crippen molar-refractivity contribution >= 4 is 0 Å². The van der Waals surface area contributed by atoms with Crippen LogP contribution in [0.15, 0.2) is 279 Å². The molecule has 13 aromatic carbocycles. The topological polar surface area (TPSA) is 0 Å². The van der Waals surface area contributed by atoms with Crippen LogP contribution in [0.3, 0.4) is 0 Å². The first-order chi connectivity index (χ1) is 51.7. The Bertz CT molecular complexity index is 4600. The Morgan fingerprint density at radius 2 is 0.209 bits per heavy atom. The normalized spacial score (nSPS) is 12.7. The molecule has 0 bridgehead atoms. The van der Waals surface area contributed by atoms with Crippen LogP contribution in [-0.4, -0.2) is 0 Å². The van der Waals surface area contributed by atoms with Crippen LogP contribution in [0.25, 0.3) is 134 Å². The predicted molar refractivity (Wildman–Crippen MR) is 481 cm³/mol. The first-order valence-electron chi connectivity index (χ1n) is 40.2.